The molecule has 3 rings (SSSR count). The van der Waals surface area contributed by atoms with Gasteiger partial charge in [-0.2, -0.15) is 0 Å². The van der Waals surface area contributed by atoms with Crippen molar-refractivity contribution in [3.8, 4) is 0 Å². The molecule has 2 aliphatic carbocycles. The van der Waals surface area contributed by atoms with Crippen LogP contribution in [0.2, 0.25) is 0 Å². The van der Waals surface area contributed by atoms with Gasteiger partial charge in [0, 0.05) is 38.8 Å². The number of carbonyl (C=O) groups is 2. The molecule has 1 aliphatic heterocycles. The molecular formula is C20H34N2O4. The molecule has 0 aromatic carbocycles. The minimum absolute atomic E-state index is 0.908. The maximum atomic E-state index is 9.10. The molecule has 0 radical (unpaired) electrons. The third-order valence-electron chi connectivity index (χ3n) is 5.99. The Labute approximate surface area is 156 Å². The summed E-state index contributed by atoms with van der Waals surface area (Å²) in [5.41, 5.74) is 0. The Bertz CT molecular complexity index is 466. The second-order valence-corrected chi connectivity index (χ2v) is 8.01. The van der Waals surface area contributed by atoms with Crippen molar-refractivity contribution < 1.29 is 19.8 Å². The molecule has 1 heterocycles. The lowest BCUT2D eigenvalue weighted by Gasteiger charge is -2.42. The van der Waals surface area contributed by atoms with E-state index in [2.05, 4.69) is 28.9 Å². The average Bonchev–Trinajstić information content (AvgIpc) is 2.64. The molecule has 6 nitrogen and oxygen atoms in total. The Morgan fingerprint density at radius 3 is 2.04 bits per heavy atom. The Morgan fingerprint density at radius 1 is 0.923 bits per heavy atom. The molecule has 1 atom stereocenters. The summed E-state index contributed by atoms with van der Waals surface area (Å²) in [6, 6.07) is 0.908. The van der Waals surface area contributed by atoms with E-state index < -0.39 is 11.9 Å². The third-order valence-corrected chi connectivity index (χ3v) is 5.99. The lowest BCUT2D eigenvalue weighted by atomic mass is 9.86. The number of nitrogens with zero attached hydrogens (tertiary/aromatic N) is 2. The highest BCUT2D eigenvalue weighted by molar-refractivity contribution is 6.27. The van der Waals surface area contributed by atoms with Crippen LogP contribution in [0.5, 0.6) is 0 Å². The van der Waals surface area contributed by atoms with Crippen molar-refractivity contribution in [2.75, 3.05) is 32.7 Å². The molecule has 1 unspecified atom stereocenters. The van der Waals surface area contributed by atoms with Crippen LogP contribution in [-0.4, -0.2) is 70.7 Å². The Kier molecular flexibility index (Phi) is 8.59. The van der Waals surface area contributed by atoms with Gasteiger partial charge in [-0.25, -0.2) is 9.59 Å². The first-order chi connectivity index (χ1) is 12.5. The number of allylic oxidation sites excluding steroid dienone is 2. The number of aliphatic carboxylic acids is 2. The van der Waals surface area contributed by atoms with Crippen molar-refractivity contribution in [1.82, 2.24) is 9.80 Å². The van der Waals surface area contributed by atoms with Crippen LogP contribution in [0.25, 0.3) is 0 Å². The zero-order chi connectivity index (χ0) is 18.9. The second kappa shape index (κ2) is 10.7. The first-order valence-electron chi connectivity index (χ1n) is 10.0. The summed E-state index contributed by atoms with van der Waals surface area (Å²) >= 11 is 0. The molecule has 6 heteroatoms. The third kappa shape index (κ3) is 7.08. The van der Waals surface area contributed by atoms with Gasteiger partial charge in [0.25, 0.3) is 0 Å². The van der Waals surface area contributed by atoms with Crippen molar-refractivity contribution in [1.29, 1.82) is 0 Å². The number of hydrogen-bond donors (Lipinski definition) is 2. The van der Waals surface area contributed by atoms with Gasteiger partial charge in [-0.1, -0.05) is 19.1 Å². The summed E-state index contributed by atoms with van der Waals surface area (Å²) in [5, 5.41) is 14.8. The highest BCUT2D eigenvalue weighted by Gasteiger charge is 2.27. The van der Waals surface area contributed by atoms with Gasteiger partial charge in [0.2, 0.25) is 0 Å². The molecule has 0 aromatic heterocycles. The summed E-state index contributed by atoms with van der Waals surface area (Å²) < 4.78 is 0. The number of rotatable bonds is 3. The molecule has 148 valence electrons. The van der Waals surface area contributed by atoms with Crippen molar-refractivity contribution in [2.24, 2.45) is 11.8 Å². The van der Waals surface area contributed by atoms with Gasteiger partial charge in [-0.05, 0) is 56.8 Å². The minimum Gasteiger partial charge on any atom is -0.473 e. The molecule has 26 heavy (non-hydrogen) atoms. The van der Waals surface area contributed by atoms with E-state index in [1.807, 2.05) is 0 Å². The number of carboxylic acids is 2. The fourth-order valence-electron chi connectivity index (χ4n) is 4.31. The van der Waals surface area contributed by atoms with Gasteiger partial charge in [-0.15, -0.1) is 0 Å². The van der Waals surface area contributed by atoms with Crippen LogP contribution in [0.1, 0.15) is 51.9 Å². The molecule has 1 saturated carbocycles. The maximum Gasteiger partial charge on any atom is 0.414 e. The van der Waals surface area contributed by atoms with Crippen molar-refractivity contribution in [2.45, 2.75) is 57.9 Å². The van der Waals surface area contributed by atoms with Crippen LogP contribution >= 0.6 is 0 Å². The first kappa shape index (κ1) is 20.9. The van der Waals surface area contributed by atoms with Gasteiger partial charge in [0.1, 0.15) is 0 Å². The molecule has 1 saturated heterocycles. The largest absolute Gasteiger partial charge is 0.473 e. The summed E-state index contributed by atoms with van der Waals surface area (Å²) in [6.07, 6.45) is 14.6. The number of piperazine rings is 1. The topological polar surface area (TPSA) is 81.1 Å². The summed E-state index contributed by atoms with van der Waals surface area (Å²) in [7, 11) is 0. The summed E-state index contributed by atoms with van der Waals surface area (Å²) in [5.74, 6) is -1.74. The molecule has 3 aliphatic rings. The maximum absolute atomic E-state index is 9.10. The fourth-order valence-corrected chi connectivity index (χ4v) is 4.31. The average molecular weight is 367 g/mol. The summed E-state index contributed by atoms with van der Waals surface area (Å²) in [4.78, 5) is 23.7. The van der Waals surface area contributed by atoms with E-state index in [-0.39, 0.29) is 0 Å². The van der Waals surface area contributed by atoms with Crippen molar-refractivity contribution in [3.63, 3.8) is 0 Å². The van der Waals surface area contributed by atoms with Crippen LogP contribution in [0, 0.1) is 11.8 Å². The van der Waals surface area contributed by atoms with Gasteiger partial charge >= 0.3 is 11.9 Å². The van der Waals surface area contributed by atoms with Gasteiger partial charge in [0.05, 0.1) is 0 Å². The Hall–Kier alpha value is -1.40. The first-order valence-corrected chi connectivity index (χ1v) is 10.0. The fraction of sp³-hybridized carbons (Fsp3) is 0.800. The smallest absolute Gasteiger partial charge is 0.414 e. The normalized spacial score (nSPS) is 30.3. The monoisotopic (exact) mass is 366 g/mol. The lowest BCUT2D eigenvalue weighted by Crippen LogP contribution is -2.51. The predicted octanol–water partition coefficient (Wildman–Crippen LogP) is 2.69. The van der Waals surface area contributed by atoms with E-state index >= 15 is 0 Å². The zero-order valence-electron chi connectivity index (χ0n) is 16.0. The molecule has 2 N–H and O–H groups in total. The summed E-state index contributed by atoms with van der Waals surface area (Å²) in [6.45, 7) is 9.04. The van der Waals surface area contributed by atoms with E-state index in [4.69, 9.17) is 19.8 Å². The van der Waals surface area contributed by atoms with E-state index in [0.29, 0.717) is 0 Å². The quantitative estimate of drug-likeness (QED) is 0.590. The van der Waals surface area contributed by atoms with Crippen molar-refractivity contribution >= 4 is 11.9 Å². The lowest BCUT2D eigenvalue weighted by molar-refractivity contribution is -0.159. The predicted molar refractivity (Wildman–Crippen MR) is 101 cm³/mol. The molecule has 0 spiro atoms. The molecule has 0 amide bonds. The molecule has 2 fully saturated rings. The Balaban J connectivity index is 0.000000352. The minimum atomic E-state index is -1.82. The molecule has 0 bridgehead atoms. The van der Waals surface area contributed by atoms with Crippen LogP contribution in [0.4, 0.5) is 0 Å². The Morgan fingerprint density at radius 2 is 1.54 bits per heavy atom. The number of hydrogen-bond acceptors (Lipinski definition) is 4. The van der Waals surface area contributed by atoms with E-state index in [0.717, 1.165) is 17.9 Å². The van der Waals surface area contributed by atoms with Crippen LogP contribution < -0.4 is 0 Å². The van der Waals surface area contributed by atoms with Gasteiger partial charge in [0.15, 0.2) is 0 Å². The SMILES string of the molecule is CC1CCC(N2CCN(CC3CC=CCC3)CC2)CC1.O=C(O)C(=O)O. The standard InChI is InChI=1S/C18H32N2.C2H2O4/c1-16-7-9-18(10-8-16)20-13-11-19(12-14-20)15-17-5-3-2-4-6-17;3-1(4)2(5)6/h2-3,16-18H,4-15H2,1H3;(H,3,4)(H,5,6). The van der Waals surface area contributed by atoms with E-state index in [9.17, 15) is 0 Å². The van der Waals surface area contributed by atoms with Gasteiger partial charge < -0.3 is 15.1 Å². The van der Waals surface area contributed by atoms with Gasteiger partial charge in [-0.3, -0.25) is 4.90 Å². The number of carboxylic acid groups (broad SMARTS) is 2. The highest BCUT2D eigenvalue weighted by Crippen LogP contribution is 2.28. The van der Waals surface area contributed by atoms with Crippen LogP contribution in [0.3, 0.4) is 0 Å². The highest BCUT2D eigenvalue weighted by atomic mass is 16.4. The van der Waals surface area contributed by atoms with E-state index in [1.165, 1.54) is 77.7 Å². The zero-order valence-corrected chi connectivity index (χ0v) is 16.0. The van der Waals surface area contributed by atoms with Crippen LogP contribution in [-0.2, 0) is 9.59 Å². The molecular weight excluding hydrogens is 332 g/mol. The van der Waals surface area contributed by atoms with E-state index in [1.54, 1.807) is 0 Å². The van der Waals surface area contributed by atoms with Crippen LogP contribution in [0.15, 0.2) is 12.2 Å². The second-order valence-electron chi connectivity index (χ2n) is 8.01. The van der Waals surface area contributed by atoms with Crippen molar-refractivity contribution in [3.05, 3.63) is 12.2 Å². The molecule has 0 aromatic rings.